The zero-order valence-electron chi connectivity index (χ0n) is 14.4. The molecular formula is C20H21N3O3. The zero-order valence-corrected chi connectivity index (χ0v) is 14.4. The summed E-state index contributed by atoms with van der Waals surface area (Å²) in [5, 5.41) is 13.7. The number of nitrogens with one attached hydrogen (secondary N) is 2. The maximum absolute atomic E-state index is 12.7. The Bertz CT molecular complexity index is 971. The number of H-pyrrole nitrogens is 1. The van der Waals surface area contributed by atoms with Crippen LogP contribution in [0.15, 0.2) is 42.5 Å². The van der Waals surface area contributed by atoms with E-state index in [2.05, 4.69) is 10.3 Å². The number of imide groups is 1. The van der Waals surface area contributed by atoms with Crippen molar-refractivity contribution in [2.24, 2.45) is 5.92 Å². The fraction of sp³-hybridized carbons (Fsp3) is 0.300. The quantitative estimate of drug-likeness (QED) is 0.664. The lowest BCUT2D eigenvalue weighted by molar-refractivity contribution is 0.0938. The second-order valence-electron chi connectivity index (χ2n) is 6.77. The van der Waals surface area contributed by atoms with E-state index in [1.54, 1.807) is 11.0 Å². The number of hydrogen-bond acceptors (Lipinski definition) is 3. The van der Waals surface area contributed by atoms with Crippen molar-refractivity contribution in [1.82, 2.24) is 15.2 Å². The molecule has 0 spiro atoms. The highest BCUT2D eigenvalue weighted by Gasteiger charge is 2.24. The summed E-state index contributed by atoms with van der Waals surface area (Å²) in [5.74, 6) is -0.161. The molecule has 3 aromatic rings. The predicted octanol–water partition coefficient (Wildman–Crippen LogP) is 2.88. The number of carbonyl (C=O) groups is 2. The molecular weight excluding hydrogens is 330 g/mol. The number of hydrogen-bond donors (Lipinski definition) is 3. The third kappa shape index (κ3) is 2.93. The van der Waals surface area contributed by atoms with Gasteiger partial charge in [-0.05, 0) is 30.9 Å². The molecule has 3 N–H and O–H groups in total. The number of para-hydroxylation sites is 2. The SMILES string of the molecule is O=C(NC(=O)N1CCC(CO)CC1)c1cccc2c1[nH]c1ccccc12. The van der Waals surface area contributed by atoms with E-state index >= 15 is 0 Å². The third-order valence-corrected chi connectivity index (χ3v) is 5.17. The summed E-state index contributed by atoms with van der Waals surface area (Å²) in [6, 6.07) is 13.0. The number of aliphatic hydroxyl groups excluding tert-OH is 1. The Hall–Kier alpha value is -2.86. The Labute approximate surface area is 150 Å². The summed E-state index contributed by atoms with van der Waals surface area (Å²) >= 11 is 0. The number of piperidine rings is 1. The number of carbonyl (C=O) groups excluding carboxylic acids is 2. The standard InChI is InChI=1S/C20H21N3O3/c24-12-13-8-10-23(11-9-13)20(26)22-19(25)16-6-3-5-15-14-4-1-2-7-17(14)21-18(15)16/h1-7,13,21,24H,8-12H2,(H,22,25,26). The number of urea groups is 1. The highest BCUT2D eigenvalue weighted by atomic mass is 16.3. The smallest absolute Gasteiger partial charge is 0.324 e. The lowest BCUT2D eigenvalue weighted by Gasteiger charge is -2.30. The fourth-order valence-electron chi connectivity index (χ4n) is 3.62. The first kappa shape index (κ1) is 16.6. The number of aliphatic hydroxyl groups is 1. The average Bonchev–Trinajstić information content (AvgIpc) is 3.06. The van der Waals surface area contributed by atoms with Gasteiger partial charge in [0, 0.05) is 36.0 Å². The van der Waals surface area contributed by atoms with Crippen molar-refractivity contribution < 1.29 is 14.7 Å². The minimum absolute atomic E-state index is 0.150. The van der Waals surface area contributed by atoms with Gasteiger partial charge in [0.1, 0.15) is 0 Å². The van der Waals surface area contributed by atoms with E-state index in [1.165, 1.54) is 0 Å². The minimum Gasteiger partial charge on any atom is -0.396 e. The molecule has 0 radical (unpaired) electrons. The van der Waals surface area contributed by atoms with Crippen LogP contribution in [-0.4, -0.2) is 46.6 Å². The maximum atomic E-state index is 12.7. The van der Waals surface area contributed by atoms with Crippen molar-refractivity contribution in [3.8, 4) is 0 Å². The van der Waals surface area contributed by atoms with Crippen LogP contribution in [0.5, 0.6) is 0 Å². The summed E-state index contributed by atoms with van der Waals surface area (Å²) in [6.45, 7) is 1.26. The van der Waals surface area contributed by atoms with Gasteiger partial charge in [0.2, 0.25) is 0 Å². The maximum Gasteiger partial charge on any atom is 0.324 e. The summed E-state index contributed by atoms with van der Waals surface area (Å²) in [4.78, 5) is 30.0. The second kappa shape index (κ2) is 6.80. The van der Waals surface area contributed by atoms with E-state index in [1.807, 2.05) is 36.4 Å². The number of rotatable bonds is 2. The summed E-state index contributed by atoms with van der Waals surface area (Å²) in [7, 11) is 0. The van der Waals surface area contributed by atoms with Crippen LogP contribution >= 0.6 is 0 Å². The molecule has 2 heterocycles. The summed E-state index contributed by atoms with van der Waals surface area (Å²) in [6.07, 6.45) is 1.52. The van der Waals surface area contributed by atoms with Gasteiger partial charge in [-0.1, -0.05) is 30.3 Å². The number of aromatic nitrogens is 1. The Morgan fingerprint density at radius 1 is 1.08 bits per heavy atom. The Balaban J connectivity index is 1.56. The van der Waals surface area contributed by atoms with E-state index in [9.17, 15) is 14.7 Å². The second-order valence-corrected chi connectivity index (χ2v) is 6.77. The first-order valence-corrected chi connectivity index (χ1v) is 8.88. The van der Waals surface area contributed by atoms with E-state index in [4.69, 9.17) is 0 Å². The van der Waals surface area contributed by atoms with Crippen molar-refractivity contribution >= 4 is 33.7 Å². The number of nitrogens with zero attached hydrogens (tertiary/aromatic N) is 1. The Morgan fingerprint density at radius 3 is 2.58 bits per heavy atom. The molecule has 0 unspecified atom stereocenters. The van der Waals surface area contributed by atoms with Crippen molar-refractivity contribution in [3.63, 3.8) is 0 Å². The van der Waals surface area contributed by atoms with E-state index in [-0.39, 0.29) is 18.6 Å². The molecule has 1 aliphatic rings. The molecule has 4 rings (SSSR count). The van der Waals surface area contributed by atoms with Crippen LogP contribution < -0.4 is 5.32 Å². The third-order valence-electron chi connectivity index (χ3n) is 5.17. The fourth-order valence-corrected chi connectivity index (χ4v) is 3.62. The molecule has 6 heteroatoms. The number of aromatic amines is 1. The van der Waals surface area contributed by atoms with Gasteiger partial charge >= 0.3 is 6.03 Å². The molecule has 1 fully saturated rings. The molecule has 1 aromatic heterocycles. The Kier molecular flexibility index (Phi) is 4.34. The van der Waals surface area contributed by atoms with E-state index in [0.717, 1.165) is 34.6 Å². The average molecular weight is 351 g/mol. The van der Waals surface area contributed by atoms with E-state index < -0.39 is 5.91 Å². The minimum atomic E-state index is -0.406. The van der Waals surface area contributed by atoms with Crippen LogP contribution in [0.1, 0.15) is 23.2 Å². The number of benzene rings is 2. The van der Waals surface area contributed by atoms with Gasteiger partial charge in [0.25, 0.3) is 5.91 Å². The molecule has 0 aliphatic carbocycles. The van der Waals surface area contributed by atoms with Crippen molar-refractivity contribution in [3.05, 3.63) is 48.0 Å². The van der Waals surface area contributed by atoms with Gasteiger partial charge in [0.05, 0.1) is 11.1 Å². The molecule has 26 heavy (non-hydrogen) atoms. The molecule has 1 saturated heterocycles. The predicted molar refractivity (Wildman–Crippen MR) is 100 cm³/mol. The van der Waals surface area contributed by atoms with Gasteiger partial charge < -0.3 is 15.0 Å². The van der Waals surface area contributed by atoms with Gasteiger partial charge in [-0.25, -0.2) is 4.79 Å². The lowest BCUT2D eigenvalue weighted by atomic mass is 9.98. The highest BCUT2D eigenvalue weighted by Crippen LogP contribution is 2.27. The van der Waals surface area contributed by atoms with Crippen LogP contribution in [0, 0.1) is 5.92 Å². The van der Waals surface area contributed by atoms with E-state index in [0.29, 0.717) is 18.7 Å². The van der Waals surface area contributed by atoms with Crippen molar-refractivity contribution in [2.75, 3.05) is 19.7 Å². The normalized spacial score (nSPS) is 15.5. The van der Waals surface area contributed by atoms with Gasteiger partial charge in [-0.2, -0.15) is 0 Å². The molecule has 1 aliphatic heterocycles. The van der Waals surface area contributed by atoms with Crippen LogP contribution in [0.3, 0.4) is 0 Å². The number of amides is 3. The largest absolute Gasteiger partial charge is 0.396 e. The first-order chi connectivity index (χ1) is 12.7. The number of likely N-dealkylation sites (tertiary alicyclic amines) is 1. The molecule has 2 aromatic carbocycles. The monoisotopic (exact) mass is 351 g/mol. The molecule has 0 atom stereocenters. The van der Waals surface area contributed by atoms with Gasteiger partial charge in [-0.15, -0.1) is 0 Å². The zero-order chi connectivity index (χ0) is 18.1. The molecule has 0 bridgehead atoms. The first-order valence-electron chi connectivity index (χ1n) is 8.88. The van der Waals surface area contributed by atoms with Crippen molar-refractivity contribution in [1.29, 1.82) is 0 Å². The summed E-state index contributed by atoms with van der Waals surface area (Å²) < 4.78 is 0. The van der Waals surface area contributed by atoms with Crippen LogP contribution in [0.25, 0.3) is 21.8 Å². The Morgan fingerprint density at radius 2 is 1.81 bits per heavy atom. The molecule has 6 nitrogen and oxygen atoms in total. The van der Waals surface area contributed by atoms with Gasteiger partial charge in [0.15, 0.2) is 0 Å². The van der Waals surface area contributed by atoms with Crippen LogP contribution in [0.2, 0.25) is 0 Å². The molecule has 3 amide bonds. The van der Waals surface area contributed by atoms with Crippen LogP contribution in [0.4, 0.5) is 4.79 Å². The van der Waals surface area contributed by atoms with Crippen LogP contribution in [-0.2, 0) is 0 Å². The summed E-state index contributed by atoms with van der Waals surface area (Å²) in [5.41, 5.74) is 2.15. The molecule has 134 valence electrons. The van der Waals surface area contributed by atoms with Gasteiger partial charge in [-0.3, -0.25) is 10.1 Å². The van der Waals surface area contributed by atoms with Crippen molar-refractivity contribution in [2.45, 2.75) is 12.8 Å². The highest BCUT2D eigenvalue weighted by molar-refractivity contribution is 6.17. The topological polar surface area (TPSA) is 85.4 Å². The lowest BCUT2D eigenvalue weighted by Crippen LogP contribution is -2.46. The number of fused-ring (bicyclic) bond motifs is 3. The molecule has 0 saturated carbocycles.